The van der Waals surface area contributed by atoms with Gasteiger partial charge in [0.1, 0.15) is 0 Å². The minimum atomic E-state index is -0.519. The summed E-state index contributed by atoms with van der Waals surface area (Å²) >= 11 is 1.52. The molecular weight excluding hydrogens is 254 g/mol. The molecule has 0 N–H and O–H groups in total. The highest BCUT2D eigenvalue weighted by Gasteiger charge is 2.09. The fourth-order valence-corrected chi connectivity index (χ4v) is 2.24. The van der Waals surface area contributed by atoms with Gasteiger partial charge in [-0.1, -0.05) is 6.92 Å². The summed E-state index contributed by atoms with van der Waals surface area (Å²) in [6, 6.07) is 2.41. The molecule has 0 bridgehead atoms. The first-order chi connectivity index (χ1) is 8.60. The van der Waals surface area contributed by atoms with E-state index >= 15 is 0 Å². The summed E-state index contributed by atoms with van der Waals surface area (Å²) in [6.07, 6.45) is 2.09. The van der Waals surface area contributed by atoms with Crippen molar-refractivity contribution in [3.8, 4) is 0 Å². The Morgan fingerprint density at radius 1 is 1.50 bits per heavy atom. The van der Waals surface area contributed by atoms with Gasteiger partial charge in [-0.05, 0) is 6.42 Å². The largest absolute Gasteiger partial charge is 0.303 e. The number of thiazole rings is 1. The number of nitrogens with zero attached hydrogens (tertiary/aromatic N) is 3. The molecule has 18 heavy (non-hydrogen) atoms. The van der Waals surface area contributed by atoms with Crippen LogP contribution in [0.3, 0.4) is 0 Å². The van der Waals surface area contributed by atoms with E-state index in [0.717, 1.165) is 17.1 Å². The normalized spacial score (nSPS) is 10.5. The van der Waals surface area contributed by atoms with Gasteiger partial charge in [0.05, 0.1) is 28.4 Å². The molecule has 0 saturated heterocycles. The molecule has 0 unspecified atom stereocenters. The third kappa shape index (κ3) is 2.62. The summed E-state index contributed by atoms with van der Waals surface area (Å²) in [5, 5.41) is 13.5. The molecule has 0 atom stereocenters. The lowest BCUT2D eigenvalue weighted by Gasteiger charge is -2.02. The second kappa shape index (κ2) is 5.09. The first-order valence-electron chi connectivity index (χ1n) is 5.38. The van der Waals surface area contributed by atoms with Crippen molar-refractivity contribution in [1.82, 2.24) is 9.55 Å². The monoisotopic (exact) mass is 265 g/mol. The fourth-order valence-electron chi connectivity index (χ4n) is 1.51. The van der Waals surface area contributed by atoms with Gasteiger partial charge in [0, 0.05) is 17.5 Å². The van der Waals surface area contributed by atoms with Crippen molar-refractivity contribution in [2.45, 2.75) is 19.9 Å². The van der Waals surface area contributed by atoms with Gasteiger partial charge < -0.3 is 4.57 Å². The van der Waals surface area contributed by atoms with Crippen LogP contribution in [0.25, 0.3) is 0 Å². The minimum Gasteiger partial charge on any atom is -0.303 e. The van der Waals surface area contributed by atoms with Gasteiger partial charge in [-0.2, -0.15) is 0 Å². The van der Waals surface area contributed by atoms with Crippen LogP contribution in [0.2, 0.25) is 0 Å². The van der Waals surface area contributed by atoms with Crippen LogP contribution in [-0.4, -0.2) is 14.5 Å². The summed E-state index contributed by atoms with van der Waals surface area (Å²) in [4.78, 5) is 26.0. The Hall–Kier alpha value is -2.02. The van der Waals surface area contributed by atoms with Crippen molar-refractivity contribution in [2.75, 3.05) is 0 Å². The van der Waals surface area contributed by atoms with E-state index in [1.807, 2.05) is 12.3 Å². The van der Waals surface area contributed by atoms with Crippen LogP contribution in [0.4, 0.5) is 5.69 Å². The van der Waals surface area contributed by atoms with Crippen LogP contribution in [-0.2, 0) is 13.0 Å². The Labute approximate surface area is 107 Å². The van der Waals surface area contributed by atoms with Crippen LogP contribution in [0.15, 0.2) is 28.5 Å². The van der Waals surface area contributed by atoms with Crippen molar-refractivity contribution < 1.29 is 4.92 Å². The second-order valence-corrected chi connectivity index (χ2v) is 4.64. The van der Waals surface area contributed by atoms with Crippen molar-refractivity contribution in [3.63, 3.8) is 0 Å². The zero-order chi connectivity index (χ0) is 13.1. The van der Waals surface area contributed by atoms with Gasteiger partial charge in [-0.3, -0.25) is 14.9 Å². The maximum Gasteiger partial charge on any atom is 0.285 e. The second-order valence-electron chi connectivity index (χ2n) is 3.70. The first-order valence-corrected chi connectivity index (χ1v) is 6.26. The lowest BCUT2D eigenvalue weighted by molar-refractivity contribution is -0.385. The number of hydrogen-bond acceptors (Lipinski definition) is 5. The minimum absolute atomic E-state index is 0.0967. The topological polar surface area (TPSA) is 78.0 Å². The van der Waals surface area contributed by atoms with Crippen LogP contribution in [0, 0.1) is 10.1 Å². The lowest BCUT2D eigenvalue weighted by Crippen LogP contribution is -2.19. The number of pyridine rings is 1. The smallest absolute Gasteiger partial charge is 0.285 e. The molecular formula is C11H11N3O3S. The van der Waals surface area contributed by atoms with E-state index in [4.69, 9.17) is 0 Å². The highest BCUT2D eigenvalue weighted by molar-refractivity contribution is 7.09. The van der Waals surface area contributed by atoms with Crippen molar-refractivity contribution in [1.29, 1.82) is 0 Å². The quantitative estimate of drug-likeness (QED) is 0.624. The van der Waals surface area contributed by atoms with Crippen LogP contribution >= 0.6 is 11.3 Å². The maximum absolute atomic E-state index is 11.6. The van der Waals surface area contributed by atoms with Gasteiger partial charge in [0.15, 0.2) is 0 Å². The van der Waals surface area contributed by atoms with Gasteiger partial charge in [0.25, 0.3) is 11.2 Å². The number of aromatic nitrogens is 2. The summed E-state index contributed by atoms with van der Waals surface area (Å²) in [6.45, 7) is 2.26. The lowest BCUT2D eigenvalue weighted by atomic mass is 10.4. The Morgan fingerprint density at radius 2 is 2.28 bits per heavy atom. The maximum atomic E-state index is 11.6. The van der Waals surface area contributed by atoms with E-state index in [-0.39, 0.29) is 17.8 Å². The molecule has 2 aromatic heterocycles. The summed E-state index contributed by atoms with van der Waals surface area (Å²) < 4.78 is 1.30. The first kappa shape index (κ1) is 12.4. The Balaban J connectivity index is 2.30. The van der Waals surface area contributed by atoms with Gasteiger partial charge in [0.2, 0.25) is 0 Å². The summed E-state index contributed by atoms with van der Waals surface area (Å²) in [5.41, 5.74) is 0.381. The van der Waals surface area contributed by atoms with Gasteiger partial charge in [-0.25, -0.2) is 4.98 Å². The van der Waals surface area contributed by atoms with Crippen molar-refractivity contribution >= 4 is 17.0 Å². The molecule has 2 heterocycles. The predicted molar refractivity (Wildman–Crippen MR) is 68.0 cm³/mol. The number of aryl methyl sites for hydroxylation is 1. The molecule has 6 nitrogen and oxygen atoms in total. The predicted octanol–water partition coefficient (Wildman–Crippen LogP) is 1.82. The van der Waals surface area contributed by atoms with Crippen molar-refractivity contribution in [2.24, 2.45) is 0 Å². The van der Waals surface area contributed by atoms with E-state index in [1.165, 1.54) is 34.2 Å². The molecule has 94 valence electrons. The molecule has 0 aromatic carbocycles. The van der Waals surface area contributed by atoms with Crippen LogP contribution < -0.4 is 5.56 Å². The SMILES string of the molecule is CCc1nc(Cn2cc([N+](=O)[O-])ccc2=O)cs1. The zero-order valence-electron chi connectivity index (χ0n) is 9.70. The highest BCUT2D eigenvalue weighted by atomic mass is 32.1. The highest BCUT2D eigenvalue weighted by Crippen LogP contribution is 2.12. The number of rotatable bonds is 4. The van der Waals surface area contributed by atoms with E-state index in [9.17, 15) is 14.9 Å². The Bertz CT molecular complexity index is 632. The molecule has 0 radical (unpaired) electrons. The summed E-state index contributed by atoms with van der Waals surface area (Å²) in [7, 11) is 0. The van der Waals surface area contributed by atoms with Crippen LogP contribution in [0.5, 0.6) is 0 Å². The van der Waals surface area contributed by atoms with Gasteiger partial charge >= 0.3 is 0 Å². The molecule has 0 aliphatic carbocycles. The van der Waals surface area contributed by atoms with Crippen molar-refractivity contribution in [3.05, 3.63) is 54.9 Å². The third-order valence-electron chi connectivity index (χ3n) is 2.41. The molecule has 0 fully saturated rings. The standard InChI is InChI=1S/C11H11N3O3S/c1-2-10-12-8(7-18-10)5-13-6-9(14(16)17)3-4-11(13)15/h3-4,6-7H,2,5H2,1H3. The average Bonchev–Trinajstić information content (AvgIpc) is 2.79. The fraction of sp³-hybridized carbons (Fsp3) is 0.273. The van der Waals surface area contributed by atoms with Gasteiger partial charge in [-0.15, -0.1) is 11.3 Å². The van der Waals surface area contributed by atoms with E-state index in [2.05, 4.69) is 4.98 Å². The zero-order valence-corrected chi connectivity index (χ0v) is 10.5. The third-order valence-corrected chi connectivity index (χ3v) is 3.45. The molecule has 2 rings (SSSR count). The Kier molecular flexibility index (Phi) is 3.52. The molecule has 0 saturated carbocycles. The average molecular weight is 265 g/mol. The Morgan fingerprint density at radius 3 is 2.89 bits per heavy atom. The van der Waals surface area contributed by atoms with E-state index in [0.29, 0.717) is 0 Å². The molecule has 2 aromatic rings. The van der Waals surface area contributed by atoms with E-state index < -0.39 is 4.92 Å². The number of nitro groups is 1. The molecule has 0 aliphatic heterocycles. The van der Waals surface area contributed by atoms with E-state index in [1.54, 1.807) is 0 Å². The molecule has 0 aliphatic rings. The molecule has 7 heteroatoms. The number of hydrogen-bond donors (Lipinski definition) is 0. The summed E-state index contributed by atoms with van der Waals surface area (Å²) in [5.74, 6) is 0. The van der Waals surface area contributed by atoms with Crippen LogP contribution in [0.1, 0.15) is 17.6 Å². The molecule has 0 amide bonds. The molecule has 0 spiro atoms.